The van der Waals surface area contributed by atoms with Crippen LogP contribution in [0.15, 0.2) is 22.7 Å². The van der Waals surface area contributed by atoms with Crippen molar-refractivity contribution in [3.63, 3.8) is 0 Å². The van der Waals surface area contributed by atoms with Gasteiger partial charge in [-0.05, 0) is 24.6 Å². The molecule has 1 aromatic rings. The highest BCUT2D eigenvalue weighted by atomic mass is 79.9. The van der Waals surface area contributed by atoms with E-state index in [4.69, 9.17) is 9.84 Å². The first-order chi connectivity index (χ1) is 8.56. The van der Waals surface area contributed by atoms with Gasteiger partial charge in [0.25, 0.3) is 0 Å². The van der Waals surface area contributed by atoms with Gasteiger partial charge in [0.05, 0.1) is 18.1 Å². The number of carboxylic acid groups (broad SMARTS) is 1. The van der Waals surface area contributed by atoms with Gasteiger partial charge >= 0.3 is 5.97 Å². The molecule has 1 aromatic carbocycles. The van der Waals surface area contributed by atoms with E-state index in [0.29, 0.717) is 29.8 Å². The molecule has 18 heavy (non-hydrogen) atoms. The molecular weight excluding hydrogens is 302 g/mol. The number of amides is 1. The summed E-state index contributed by atoms with van der Waals surface area (Å²) in [6.45, 7) is 1.02. The van der Waals surface area contributed by atoms with E-state index in [1.54, 1.807) is 6.07 Å². The molecule has 2 N–H and O–H groups in total. The van der Waals surface area contributed by atoms with Crippen LogP contribution in [0.1, 0.15) is 16.8 Å². The highest BCUT2D eigenvalue weighted by molar-refractivity contribution is 9.10. The molecule has 0 spiro atoms. The Bertz CT molecular complexity index is 483. The number of nitrogens with one attached hydrogen (secondary N) is 1. The van der Waals surface area contributed by atoms with E-state index in [1.807, 2.05) is 0 Å². The average Bonchev–Trinajstić information content (AvgIpc) is 2.81. The minimum absolute atomic E-state index is 0.127. The smallest absolute Gasteiger partial charge is 0.335 e. The zero-order valence-corrected chi connectivity index (χ0v) is 11.1. The second-order valence-corrected chi connectivity index (χ2v) is 5.00. The van der Waals surface area contributed by atoms with Crippen molar-refractivity contribution in [1.82, 2.24) is 0 Å². The summed E-state index contributed by atoms with van der Waals surface area (Å²) in [6, 6.07) is 4.58. The molecule has 2 rings (SSSR count). The van der Waals surface area contributed by atoms with Crippen molar-refractivity contribution >= 4 is 33.5 Å². The molecule has 1 atom stereocenters. The topological polar surface area (TPSA) is 75.6 Å². The van der Waals surface area contributed by atoms with E-state index < -0.39 is 5.97 Å². The fourth-order valence-electron chi connectivity index (χ4n) is 1.77. The maximum atomic E-state index is 11.9. The van der Waals surface area contributed by atoms with Crippen LogP contribution in [0.25, 0.3) is 0 Å². The molecule has 1 aliphatic rings. The predicted molar refractivity (Wildman–Crippen MR) is 68.7 cm³/mol. The van der Waals surface area contributed by atoms with Gasteiger partial charge in [-0.25, -0.2) is 4.79 Å². The zero-order chi connectivity index (χ0) is 13.1. The summed E-state index contributed by atoms with van der Waals surface area (Å²) in [7, 11) is 0. The van der Waals surface area contributed by atoms with E-state index in [9.17, 15) is 9.59 Å². The van der Waals surface area contributed by atoms with Crippen molar-refractivity contribution in [1.29, 1.82) is 0 Å². The van der Waals surface area contributed by atoms with Crippen LogP contribution >= 0.6 is 15.9 Å². The van der Waals surface area contributed by atoms with Crippen molar-refractivity contribution in [2.45, 2.75) is 6.42 Å². The molecule has 0 bridgehead atoms. The molecule has 1 amide bonds. The van der Waals surface area contributed by atoms with E-state index in [-0.39, 0.29) is 17.4 Å². The standard InChI is InChI=1S/C12H12BrNO4/c13-9-3-8(12(16)17)4-10(5-9)14-11(15)7-1-2-18-6-7/h3-5,7H,1-2,6H2,(H,14,15)(H,16,17). The number of halogens is 1. The highest BCUT2D eigenvalue weighted by Crippen LogP contribution is 2.21. The highest BCUT2D eigenvalue weighted by Gasteiger charge is 2.23. The Hall–Kier alpha value is -1.40. The minimum atomic E-state index is -1.03. The predicted octanol–water partition coefficient (Wildman–Crippen LogP) is 2.12. The Labute approximate surface area is 112 Å². The van der Waals surface area contributed by atoms with Crippen molar-refractivity contribution in [2.24, 2.45) is 5.92 Å². The maximum absolute atomic E-state index is 11.9. The number of anilines is 1. The van der Waals surface area contributed by atoms with E-state index >= 15 is 0 Å². The molecule has 0 aromatic heterocycles. The monoisotopic (exact) mass is 313 g/mol. The van der Waals surface area contributed by atoms with Gasteiger partial charge in [0.1, 0.15) is 0 Å². The number of hydrogen-bond donors (Lipinski definition) is 2. The van der Waals surface area contributed by atoms with Crippen molar-refractivity contribution < 1.29 is 19.4 Å². The van der Waals surface area contributed by atoms with Crippen LogP contribution in [0.3, 0.4) is 0 Å². The van der Waals surface area contributed by atoms with Crippen LogP contribution in [0.5, 0.6) is 0 Å². The Kier molecular flexibility index (Phi) is 3.98. The van der Waals surface area contributed by atoms with Crippen molar-refractivity contribution in [2.75, 3.05) is 18.5 Å². The van der Waals surface area contributed by atoms with Crippen LogP contribution in [0, 0.1) is 5.92 Å². The molecule has 5 nitrogen and oxygen atoms in total. The number of rotatable bonds is 3. The number of benzene rings is 1. The van der Waals surface area contributed by atoms with Gasteiger partial charge in [0.2, 0.25) is 5.91 Å². The summed E-state index contributed by atoms with van der Waals surface area (Å²) in [4.78, 5) is 22.7. The minimum Gasteiger partial charge on any atom is -0.478 e. The Morgan fingerprint density at radius 1 is 1.39 bits per heavy atom. The molecule has 1 unspecified atom stereocenters. The van der Waals surface area contributed by atoms with Crippen LogP contribution in [-0.2, 0) is 9.53 Å². The lowest BCUT2D eigenvalue weighted by atomic mass is 10.1. The lowest BCUT2D eigenvalue weighted by molar-refractivity contribution is -0.119. The third kappa shape index (κ3) is 3.08. The van der Waals surface area contributed by atoms with Crippen molar-refractivity contribution in [3.8, 4) is 0 Å². The lowest BCUT2D eigenvalue weighted by Gasteiger charge is -2.10. The molecule has 1 fully saturated rings. The van der Waals surface area contributed by atoms with Crippen LogP contribution in [-0.4, -0.2) is 30.2 Å². The summed E-state index contributed by atoms with van der Waals surface area (Å²) < 4.78 is 5.75. The first-order valence-corrected chi connectivity index (χ1v) is 6.28. The second kappa shape index (κ2) is 5.49. The first kappa shape index (κ1) is 13.0. The summed E-state index contributed by atoms with van der Waals surface area (Å²) in [5, 5.41) is 11.6. The lowest BCUT2D eigenvalue weighted by Crippen LogP contribution is -2.23. The molecule has 0 radical (unpaired) electrons. The molecule has 0 saturated carbocycles. The van der Waals surface area contributed by atoms with E-state index in [0.717, 1.165) is 0 Å². The first-order valence-electron chi connectivity index (χ1n) is 5.49. The molecule has 1 saturated heterocycles. The van der Waals surface area contributed by atoms with Crippen LogP contribution < -0.4 is 5.32 Å². The van der Waals surface area contributed by atoms with Crippen LogP contribution in [0.4, 0.5) is 5.69 Å². The molecule has 1 heterocycles. The number of carbonyl (C=O) groups excluding carboxylic acids is 1. The summed E-state index contributed by atoms with van der Waals surface area (Å²) in [5.41, 5.74) is 0.598. The number of carboxylic acids is 1. The number of aromatic carboxylic acids is 1. The molecule has 6 heteroatoms. The van der Waals surface area contributed by atoms with Gasteiger partial charge in [-0.1, -0.05) is 15.9 Å². The number of hydrogen-bond acceptors (Lipinski definition) is 3. The van der Waals surface area contributed by atoms with Gasteiger partial charge in [-0.2, -0.15) is 0 Å². The van der Waals surface area contributed by atoms with Gasteiger partial charge in [0, 0.05) is 16.8 Å². The second-order valence-electron chi connectivity index (χ2n) is 4.08. The van der Waals surface area contributed by atoms with Crippen molar-refractivity contribution in [3.05, 3.63) is 28.2 Å². The van der Waals surface area contributed by atoms with E-state index in [1.165, 1.54) is 12.1 Å². The number of carbonyl (C=O) groups is 2. The van der Waals surface area contributed by atoms with Gasteiger partial charge in [-0.3, -0.25) is 4.79 Å². The Morgan fingerprint density at radius 2 is 2.17 bits per heavy atom. The normalized spacial score (nSPS) is 18.6. The third-order valence-electron chi connectivity index (χ3n) is 2.71. The van der Waals surface area contributed by atoms with E-state index in [2.05, 4.69) is 21.2 Å². The van der Waals surface area contributed by atoms with Gasteiger partial charge in [-0.15, -0.1) is 0 Å². The SMILES string of the molecule is O=C(O)c1cc(Br)cc(NC(=O)C2CCOC2)c1. The zero-order valence-electron chi connectivity index (χ0n) is 9.48. The molecule has 1 aliphatic heterocycles. The summed E-state index contributed by atoms with van der Waals surface area (Å²) >= 11 is 3.22. The molecule has 0 aliphatic carbocycles. The maximum Gasteiger partial charge on any atom is 0.335 e. The van der Waals surface area contributed by atoms with Gasteiger partial charge in [0.15, 0.2) is 0 Å². The average molecular weight is 314 g/mol. The Balaban J connectivity index is 2.13. The van der Waals surface area contributed by atoms with Crippen LogP contribution in [0.2, 0.25) is 0 Å². The molecular formula is C12H12BrNO4. The quantitative estimate of drug-likeness (QED) is 0.896. The molecule has 96 valence electrons. The number of ether oxygens (including phenoxy) is 1. The third-order valence-corrected chi connectivity index (χ3v) is 3.17. The summed E-state index contributed by atoms with van der Waals surface area (Å²) in [6.07, 6.45) is 0.700. The Morgan fingerprint density at radius 3 is 2.78 bits per heavy atom. The largest absolute Gasteiger partial charge is 0.478 e. The van der Waals surface area contributed by atoms with Gasteiger partial charge < -0.3 is 15.2 Å². The fraction of sp³-hybridized carbons (Fsp3) is 0.333. The fourth-order valence-corrected chi connectivity index (χ4v) is 2.26. The summed E-state index contributed by atoms with van der Waals surface area (Å²) in [5.74, 6) is -1.32.